The van der Waals surface area contributed by atoms with Crippen molar-refractivity contribution in [3.63, 3.8) is 0 Å². The number of aryl methyl sites for hydroxylation is 1. The van der Waals surface area contributed by atoms with Gasteiger partial charge in [-0.05, 0) is 109 Å². The molecule has 6 heterocycles. The number of nitrogens with zero attached hydrogens (tertiary/aromatic N) is 5. The van der Waals surface area contributed by atoms with E-state index in [2.05, 4.69) is 15.7 Å². The summed E-state index contributed by atoms with van der Waals surface area (Å²) in [5, 5.41) is 7.85. The molecule has 82 heavy (non-hydrogen) atoms. The third-order valence-electron chi connectivity index (χ3n) is 15.9. The van der Waals surface area contributed by atoms with Crippen LogP contribution in [0, 0.1) is 11.3 Å². The second-order valence-electron chi connectivity index (χ2n) is 22.9. The van der Waals surface area contributed by atoms with E-state index in [0.717, 1.165) is 22.5 Å². The van der Waals surface area contributed by atoms with Gasteiger partial charge >= 0.3 is 19.2 Å². The molecule has 6 amide bonds. The zero-order valence-corrected chi connectivity index (χ0v) is 48.7. The summed E-state index contributed by atoms with van der Waals surface area (Å²) in [7, 11) is -3.14. The first kappa shape index (κ1) is 60.0. The van der Waals surface area contributed by atoms with Crippen LogP contribution in [-0.4, -0.2) is 147 Å². The molecule has 4 saturated heterocycles. The van der Waals surface area contributed by atoms with Crippen LogP contribution in [0.2, 0.25) is 0 Å². The van der Waals surface area contributed by atoms with Gasteiger partial charge in [0.2, 0.25) is 35.4 Å². The van der Waals surface area contributed by atoms with Crippen LogP contribution in [0.1, 0.15) is 118 Å². The molecule has 1 unspecified atom stereocenters. The molecule has 0 spiro atoms. The van der Waals surface area contributed by atoms with E-state index in [0.29, 0.717) is 59.9 Å². The van der Waals surface area contributed by atoms with Crippen molar-refractivity contribution in [2.45, 2.75) is 122 Å². The average molecular weight is 1170 g/mol. The minimum Gasteiger partial charge on any atom is -0.465 e. The maximum atomic E-state index is 15.8. The lowest BCUT2D eigenvalue weighted by atomic mass is 9.85. The molecule has 21 nitrogen and oxygen atoms in total. The molecule has 4 aliphatic rings. The highest BCUT2D eigenvalue weighted by Crippen LogP contribution is 2.54. The van der Waals surface area contributed by atoms with Gasteiger partial charge in [-0.15, -0.1) is 11.3 Å². The molecule has 8 atom stereocenters. The predicted octanol–water partition coefficient (Wildman–Crippen LogP) is 5.83. The summed E-state index contributed by atoms with van der Waals surface area (Å²) in [6, 6.07) is 16.6. The van der Waals surface area contributed by atoms with Crippen molar-refractivity contribution in [3.05, 3.63) is 105 Å². The number of morpholine rings is 1. The van der Waals surface area contributed by atoms with Crippen LogP contribution < -0.4 is 21.4 Å². The zero-order chi connectivity index (χ0) is 58.8. The number of nitrogens with one attached hydrogen (secondary N) is 3. The number of aromatic nitrogens is 2. The Morgan fingerprint density at radius 1 is 0.927 bits per heavy atom. The summed E-state index contributed by atoms with van der Waals surface area (Å²) in [5.74, 6) is -5.61. The number of likely N-dealkylation sites (tertiary alicyclic amines) is 2. The number of thiophene rings is 1. The maximum Gasteiger partial charge on any atom is 0.329 e. The smallest absolute Gasteiger partial charge is 0.329 e. The molecule has 0 radical (unpaired) electrons. The summed E-state index contributed by atoms with van der Waals surface area (Å²) in [5.41, 5.74) is 1.79. The first-order valence-corrected chi connectivity index (χ1v) is 30.5. The van der Waals surface area contributed by atoms with Crippen LogP contribution in [0.3, 0.4) is 0 Å². The number of imide groups is 1. The lowest BCUT2D eigenvalue weighted by Gasteiger charge is -2.39. The fourth-order valence-electron chi connectivity index (χ4n) is 11.4. The Kier molecular flexibility index (Phi) is 18.3. The number of amides is 6. The number of rotatable bonds is 18. The van der Waals surface area contributed by atoms with Gasteiger partial charge in [0.15, 0.2) is 0 Å². The van der Waals surface area contributed by atoms with Crippen LogP contribution in [-0.2, 0) is 61.0 Å². The van der Waals surface area contributed by atoms with E-state index >= 15 is 9.18 Å². The van der Waals surface area contributed by atoms with Crippen LogP contribution in [0.5, 0.6) is 0 Å². The highest BCUT2D eigenvalue weighted by molar-refractivity contribution is 7.56. The van der Waals surface area contributed by atoms with Gasteiger partial charge in [-0.2, -0.15) is 0 Å². The Balaban J connectivity index is 0.868. The monoisotopic (exact) mass is 1170 g/mol. The number of hydrogen-bond donors (Lipinski definition) is 4. The van der Waals surface area contributed by atoms with Gasteiger partial charge < -0.3 is 39.1 Å². The molecule has 0 saturated carbocycles. The average Bonchev–Trinajstić information content (AvgIpc) is 4.38. The number of benzene rings is 3. The molecule has 2 aromatic heterocycles. The molecule has 4 N–H and O–H groups in total. The molecule has 4 aliphatic heterocycles. The van der Waals surface area contributed by atoms with Crippen molar-refractivity contribution in [2.24, 2.45) is 18.4 Å². The maximum absolute atomic E-state index is 15.8. The van der Waals surface area contributed by atoms with E-state index in [-0.39, 0.29) is 98.5 Å². The van der Waals surface area contributed by atoms with E-state index in [9.17, 15) is 43.0 Å². The van der Waals surface area contributed by atoms with Gasteiger partial charge in [0.1, 0.15) is 36.9 Å². The third-order valence-corrected chi connectivity index (χ3v) is 18.7. The van der Waals surface area contributed by atoms with Crippen molar-refractivity contribution >= 4 is 81.4 Å². The number of alkyl halides is 1. The number of esters is 1. The topological polar surface area (TPSA) is 257 Å². The molecular formula is C58H72FN8O13PS. The second kappa shape index (κ2) is 25.1. The first-order chi connectivity index (χ1) is 39.0. The van der Waals surface area contributed by atoms with Crippen molar-refractivity contribution in [3.8, 4) is 0 Å². The fraction of sp³-hybridized carbons (Fsp3) is 0.517. The lowest BCUT2D eigenvalue weighted by molar-refractivity contribution is -0.156. The molecule has 440 valence electrons. The summed E-state index contributed by atoms with van der Waals surface area (Å²) >= 11 is 1.08. The number of imidazole rings is 1. The molecule has 0 bridgehead atoms. The molecule has 3 aromatic carbocycles. The summed E-state index contributed by atoms with van der Waals surface area (Å²) < 4.78 is 50.0. The number of halogens is 1. The quantitative estimate of drug-likeness (QED) is 0.0458. The number of fused-ring (bicyclic) bond motifs is 2. The Hall–Kier alpha value is -6.62. The number of piperidine rings is 2. The SMILES string of the molecule is CCCOC(=O)[C@H](C)NP(=O)(O)[C@H](F)c1ccc2sc(C(=O)N[C@H](C(=O)N3CC[C@@H](OCC(=O)N4CCC(Cc5ccc6c(c5)n(C)c(=O)n6[C@H]5CCC(=O)NC5=O)CC4)[C@H]3C(=O)N3CCO[C@H](c4ccccc4)C3)C(C)(C)C)cc2c1. The van der Waals surface area contributed by atoms with E-state index in [1.807, 2.05) is 48.5 Å². The van der Waals surface area contributed by atoms with Crippen LogP contribution in [0.15, 0.2) is 77.6 Å². The Morgan fingerprint density at radius 3 is 2.38 bits per heavy atom. The summed E-state index contributed by atoms with van der Waals surface area (Å²) in [6.45, 7) is 9.97. The van der Waals surface area contributed by atoms with Crippen molar-refractivity contribution < 1.29 is 61.6 Å². The van der Waals surface area contributed by atoms with Crippen LogP contribution >= 0.6 is 18.9 Å². The zero-order valence-electron chi connectivity index (χ0n) is 47.0. The fourth-order valence-corrected chi connectivity index (χ4v) is 13.7. The van der Waals surface area contributed by atoms with Gasteiger partial charge in [-0.3, -0.25) is 52.6 Å². The van der Waals surface area contributed by atoms with E-state index < -0.39 is 78.9 Å². The normalized spacial score (nSPS) is 21.9. The number of carbonyl (C=O) groups is 7. The minimum atomic E-state index is -4.80. The number of carbonyl (C=O) groups excluding carboxylic acids is 7. The van der Waals surface area contributed by atoms with Gasteiger partial charge in [-0.1, -0.05) is 70.2 Å². The largest absolute Gasteiger partial charge is 0.465 e. The molecule has 24 heteroatoms. The lowest BCUT2D eigenvalue weighted by Crippen LogP contribution is -2.60. The summed E-state index contributed by atoms with van der Waals surface area (Å²) in [4.78, 5) is 124. The standard InChI is InChI=1S/C58H72FN8O13PS/c1-7-26-79-56(74)34(2)62-81(76,77)51(59)38-14-17-45-39(30-38)31-46(82-45)53(71)61-50(58(3,4)5)55(73)66-24-21-43(49(66)54(72)65-25-27-78-44(32-65)37-11-9-8-10-12-37)80-33-48(69)64-22-19-35(20-23-64)28-36-13-15-40-42(29-36)63(6)57(75)67(40)41-16-18-47(68)60-52(41)70/h8-15,17,29-31,34-35,41,43-44,49-51H,7,16,18-28,32-33H2,1-6H3,(H,61,71)(H,60,68,70)(H2,62,76,77)/t34-,41-,43+,44-,49-,50+,51-/m0/s1. The van der Waals surface area contributed by atoms with E-state index in [1.54, 1.807) is 44.5 Å². The third kappa shape index (κ3) is 13.1. The Labute approximate surface area is 478 Å². The van der Waals surface area contributed by atoms with Crippen molar-refractivity contribution in [1.82, 2.24) is 39.6 Å². The van der Waals surface area contributed by atoms with Crippen molar-refractivity contribution in [1.29, 1.82) is 0 Å². The highest BCUT2D eigenvalue weighted by atomic mass is 32.1. The molecule has 9 rings (SSSR count). The number of hydrogen-bond acceptors (Lipinski definition) is 13. The highest BCUT2D eigenvalue weighted by Gasteiger charge is 2.49. The molecular weight excluding hydrogens is 1100 g/mol. The van der Waals surface area contributed by atoms with Crippen LogP contribution in [0.25, 0.3) is 21.1 Å². The Bertz CT molecular complexity index is 3350. The van der Waals surface area contributed by atoms with Gasteiger partial charge in [0, 0.05) is 44.3 Å². The predicted molar refractivity (Wildman–Crippen MR) is 303 cm³/mol. The second-order valence-corrected chi connectivity index (χ2v) is 25.9. The van der Waals surface area contributed by atoms with E-state index in [1.165, 1.54) is 45.2 Å². The van der Waals surface area contributed by atoms with Gasteiger partial charge in [-0.25, -0.2) is 14.3 Å². The summed E-state index contributed by atoms with van der Waals surface area (Å²) in [6.07, 6.45) is 1.96. The molecule has 5 aromatic rings. The first-order valence-electron chi connectivity index (χ1n) is 28.0. The van der Waals surface area contributed by atoms with Gasteiger partial charge in [0.25, 0.3) is 5.91 Å². The minimum absolute atomic E-state index is 0.0916. The Morgan fingerprint density at radius 2 is 1.67 bits per heavy atom. The number of ether oxygens (including phenoxy) is 3. The van der Waals surface area contributed by atoms with Crippen LogP contribution in [0.4, 0.5) is 4.39 Å². The molecule has 4 fully saturated rings. The van der Waals surface area contributed by atoms with E-state index in [4.69, 9.17) is 14.2 Å². The van der Waals surface area contributed by atoms with Gasteiger partial charge in [0.05, 0.1) is 41.8 Å². The molecule has 0 aliphatic carbocycles. The van der Waals surface area contributed by atoms with Crippen molar-refractivity contribution in [2.75, 3.05) is 52.5 Å².